The Hall–Kier alpha value is -1.95. The zero-order valence-corrected chi connectivity index (χ0v) is 12.4. The molecule has 0 saturated heterocycles. The molecule has 0 aromatic carbocycles. The van der Waals surface area contributed by atoms with Gasteiger partial charge in [-0.25, -0.2) is 9.78 Å². The second-order valence-corrected chi connectivity index (χ2v) is 5.24. The summed E-state index contributed by atoms with van der Waals surface area (Å²) in [5.74, 6) is 0. The highest BCUT2D eigenvalue weighted by atomic mass is 32.1. The number of nitrogens with zero attached hydrogens (tertiary/aromatic N) is 2. The van der Waals surface area contributed by atoms with E-state index in [9.17, 15) is 4.79 Å². The number of thiazole rings is 1. The molecule has 0 aliphatic heterocycles. The smallest absolute Gasteiger partial charge is 0.407 e. The van der Waals surface area contributed by atoms with Crippen molar-refractivity contribution < 1.29 is 9.53 Å². The fourth-order valence-corrected chi connectivity index (χ4v) is 2.81. The van der Waals surface area contributed by atoms with Crippen molar-refractivity contribution in [3.63, 3.8) is 0 Å². The van der Waals surface area contributed by atoms with Crippen molar-refractivity contribution in [1.29, 1.82) is 0 Å². The zero-order chi connectivity index (χ0) is 14.4. The number of carbonyl (C=O) groups excluding carboxylic acids is 1. The van der Waals surface area contributed by atoms with Crippen molar-refractivity contribution >= 4 is 17.4 Å². The summed E-state index contributed by atoms with van der Waals surface area (Å²) in [4.78, 5) is 20.9. The molecule has 0 aliphatic carbocycles. The molecule has 2 aromatic rings. The molecule has 1 N–H and O–H groups in total. The van der Waals surface area contributed by atoms with Crippen LogP contribution in [0.3, 0.4) is 0 Å². The maximum atomic E-state index is 11.2. The molecule has 0 fully saturated rings. The van der Waals surface area contributed by atoms with Crippen LogP contribution in [0.1, 0.15) is 17.5 Å². The average molecular weight is 291 g/mol. The number of hydrogen-bond donors (Lipinski definition) is 1. The number of pyridine rings is 1. The second-order valence-electron chi connectivity index (χ2n) is 4.16. The van der Waals surface area contributed by atoms with Gasteiger partial charge in [0.2, 0.25) is 0 Å². The molecule has 2 heterocycles. The molecule has 20 heavy (non-hydrogen) atoms. The first kappa shape index (κ1) is 14.5. The van der Waals surface area contributed by atoms with E-state index in [4.69, 9.17) is 4.74 Å². The quantitative estimate of drug-likeness (QED) is 0.920. The van der Waals surface area contributed by atoms with Crippen LogP contribution in [0.25, 0.3) is 10.6 Å². The van der Waals surface area contributed by atoms with Gasteiger partial charge in [-0.2, -0.15) is 0 Å². The van der Waals surface area contributed by atoms with E-state index in [1.54, 1.807) is 30.7 Å². The van der Waals surface area contributed by atoms with Crippen LogP contribution in [0.2, 0.25) is 0 Å². The van der Waals surface area contributed by atoms with Crippen molar-refractivity contribution in [3.8, 4) is 10.6 Å². The predicted molar refractivity (Wildman–Crippen MR) is 78.8 cm³/mol. The number of ether oxygens (including phenoxy) is 1. The lowest BCUT2D eigenvalue weighted by atomic mass is 10.3. The number of nitrogens with one attached hydrogen (secondary N) is 1. The first-order valence-electron chi connectivity index (χ1n) is 6.48. The molecule has 0 aliphatic rings. The number of amides is 1. The third kappa shape index (κ3) is 3.77. The summed E-state index contributed by atoms with van der Waals surface area (Å²) in [6.45, 7) is 4.71. The first-order valence-corrected chi connectivity index (χ1v) is 7.29. The number of aryl methyl sites for hydroxylation is 1. The van der Waals surface area contributed by atoms with Gasteiger partial charge in [0.15, 0.2) is 0 Å². The Bertz CT molecular complexity index is 569. The Morgan fingerprint density at radius 2 is 2.15 bits per heavy atom. The first-order chi connectivity index (χ1) is 9.70. The number of rotatable bonds is 5. The molecular formula is C14H17N3O2S. The molecule has 2 rings (SSSR count). The SMILES string of the molecule is CCOC(=O)NCCc1sc(-c2ccncc2)nc1C. The summed E-state index contributed by atoms with van der Waals surface area (Å²) < 4.78 is 4.82. The van der Waals surface area contributed by atoms with Crippen LogP contribution in [-0.2, 0) is 11.2 Å². The zero-order valence-electron chi connectivity index (χ0n) is 11.5. The summed E-state index contributed by atoms with van der Waals surface area (Å²) in [7, 11) is 0. The minimum atomic E-state index is -0.371. The van der Waals surface area contributed by atoms with Crippen LogP contribution in [0.5, 0.6) is 0 Å². The van der Waals surface area contributed by atoms with Gasteiger partial charge < -0.3 is 10.1 Å². The van der Waals surface area contributed by atoms with Crippen LogP contribution < -0.4 is 5.32 Å². The Morgan fingerprint density at radius 3 is 2.85 bits per heavy atom. The number of alkyl carbamates (subject to hydrolysis) is 1. The van der Waals surface area contributed by atoms with Gasteiger partial charge in [-0.1, -0.05) is 0 Å². The Morgan fingerprint density at radius 1 is 1.40 bits per heavy atom. The van der Waals surface area contributed by atoms with Crippen molar-refractivity contribution in [2.75, 3.05) is 13.2 Å². The Labute approximate surface area is 122 Å². The standard InChI is InChI=1S/C14H17N3O2S/c1-3-19-14(18)16-9-6-12-10(2)17-13(20-12)11-4-7-15-8-5-11/h4-5,7-8H,3,6,9H2,1-2H3,(H,16,18). The summed E-state index contributed by atoms with van der Waals surface area (Å²) in [5.41, 5.74) is 2.07. The van der Waals surface area contributed by atoms with E-state index in [0.29, 0.717) is 13.2 Å². The van der Waals surface area contributed by atoms with Crippen LogP contribution in [0.15, 0.2) is 24.5 Å². The molecule has 0 unspecified atom stereocenters. The Balaban J connectivity index is 1.96. The third-order valence-corrected chi connectivity index (χ3v) is 3.98. The number of carbonyl (C=O) groups is 1. The lowest BCUT2D eigenvalue weighted by molar-refractivity contribution is 0.152. The van der Waals surface area contributed by atoms with Gasteiger partial charge in [-0.15, -0.1) is 11.3 Å². The molecule has 0 spiro atoms. The van der Waals surface area contributed by atoms with Crippen LogP contribution in [-0.4, -0.2) is 29.2 Å². The molecule has 0 atom stereocenters. The van der Waals surface area contributed by atoms with Gasteiger partial charge in [-0.05, 0) is 26.0 Å². The van der Waals surface area contributed by atoms with Crippen molar-refractivity contribution in [2.24, 2.45) is 0 Å². The summed E-state index contributed by atoms with van der Waals surface area (Å²) in [5, 5.41) is 3.70. The van der Waals surface area contributed by atoms with E-state index in [2.05, 4.69) is 15.3 Å². The van der Waals surface area contributed by atoms with Gasteiger partial charge in [0.1, 0.15) is 5.01 Å². The van der Waals surface area contributed by atoms with Gasteiger partial charge in [0.25, 0.3) is 0 Å². The van der Waals surface area contributed by atoms with Crippen LogP contribution in [0, 0.1) is 6.92 Å². The molecule has 0 radical (unpaired) electrons. The normalized spacial score (nSPS) is 10.3. The molecule has 0 saturated carbocycles. The van der Waals surface area contributed by atoms with E-state index in [1.807, 2.05) is 19.1 Å². The molecule has 2 aromatic heterocycles. The van der Waals surface area contributed by atoms with Crippen LogP contribution in [0.4, 0.5) is 4.79 Å². The summed E-state index contributed by atoms with van der Waals surface area (Å²) >= 11 is 1.65. The largest absolute Gasteiger partial charge is 0.450 e. The molecule has 1 amide bonds. The van der Waals surface area contributed by atoms with Crippen molar-refractivity contribution in [1.82, 2.24) is 15.3 Å². The number of aromatic nitrogens is 2. The molecular weight excluding hydrogens is 274 g/mol. The minimum absolute atomic E-state index is 0.371. The molecule has 5 nitrogen and oxygen atoms in total. The van der Waals surface area contributed by atoms with Crippen molar-refractivity contribution in [3.05, 3.63) is 35.1 Å². The van der Waals surface area contributed by atoms with E-state index in [1.165, 1.54) is 4.88 Å². The molecule has 0 bridgehead atoms. The van der Waals surface area contributed by atoms with Crippen LogP contribution >= 0.6 is 11.3 Å². The molecule has 106 valence electrons. The highest BCUT2D eigenvalue weighted by Crippen LogP contribution is 2.27. The second kappa shape index (κ2) is 7.00. The average Bonchev–Trinajstić information content (AvgIpc) is 2.82. The lowest BCUT2D eigenvalue weighted by Crippen LogP contribution is -2.26. The summed E-state index contributed by atoms with van der Waals surface area (Å²) in [6.07, 6.45) is 3.90. The Kier molecular flexibility index (Phi) is 5.06. The fourth-order valence-electron chi connectivity index (χ4n) is 1.74. The topological polar surface area (TPSA) is 64.1 Å². The summed E-state index contributed by atoms with van der Waals surface area (Å²) in [6, 6.07) is 3.89. The van der Waals surface area contributed by atoms with E-state index in [0.717, 1.165) is 22.7 Å². The van der Waals surface area contributed by atoms with E-state index in [-0.39, 0.29) is 6.09 Å². The van der Waals surface area contributed by atoms with Gasteiger partial charge in [-0.3, -0.25) is 4.98 Å². The van der Waals surface area contributed by atoms with E-state index >= 15 is 0 Å². The molecule has 6 heteroatoms. The monoisotopic (exact) mass is 291 g/mol. The lowest BCUT2D eigenvalue weighted by Gasteiger charge is -2.03. The number of hydrogen-bond acceptors (Lipinski definition) is 5. The maximum Gasteiger partial charge on any atom is 0.407 e. The highest BCUT2D eigenvalue weighted by Gasteiger charge is 2.09. The third-order valence-electron chi connectivity index (χ3n) is 2.72. The van der Waals surface area contributed by atoms with Gasteiger partial charge in [0.05, 0.1) is 12.3 Å². The minimum Gasteiger partial charge on any atom is -0.450 e. The van der Waals surface area contributed by atoms with Gasteiger partial charge in [0, 0.05) is 35.8 Å². The van der Waals surface area contributed by atoms with Gasteiger partial charge >= 0.3 is 6.09 Å². The van der Waals surface area contributed by atoms with Crippen molar-refractivity contribution in [2.45, 2.75) is 20.3 Å². The maximum absolute atomic E-state index is 11.2. The fraction of sp³-hybridized carbons (Fsp3) is 0.357. The predicted octanol–water partition coefficient (Wildman–Crippen LogP) is 2.80. The highest BCUT2D eigenvalue weighted by molar-refractivity contribution is 7.15. The van der Waals surface area contributed by atoms with E-state index < -0.39 is 0 Å².